The number of carbonyl (C=O) groups excluding carboxylic acids is 2. The fourth-order valence-electron chi connectivity index (χ4n) is 2.02. The number of primary amides is 1. The lowest BCUT2D eigenvalue weighted by molar-refractivity contribution is -0.118. The fourth-order valence-corrected chi connectivity index (χ4v) is 2.02. The standard InChI is InChI=1S/C17H26N2O3/c1-12-5-7-13(8-6-12)11-14(9-10-15(18)20)19-16(21)22-17(2,3)4/h5-8,14H,9-11H2,1-4H3,(H2,18,20)(H,19,21)/t14-/m1/s1. The van der Waals surface area contributed by atoms with E-state index in [2.05, 4.69) is 5.32 Å². The van der Waals surface area contributed by atoms with Crippen molar-refractivity contribution in [2.75, 3.05) is 0 Å². The van der Waals surface area contributed by atoms with Crippen LogP contribution in [0.25, 0.3) is 0 Å². The smallest absolute Gasteiger partial charge is 0.407 e. The Balaban J connectivity index is 2.68. The molecule has 1 rings (SSSR count). The third-order valence-corrected chi connectivity index (χ3v) is 3.06. The van der Waals surface area contributed by atoms with Gasteiger partial charge < -0.3 is 15.8 Å². The summed E-state index contributed by atoms with van der Waals surface area (Å²) in [6, 6.07) is 7.89. The Hall–Kier alpha value is -2.04. The van der Waals surface area contributed by atoms with Gasteiger partial charge in [0.25, 0.3) is 0 Å². The number of alkyl carbamates (subject to hydrolysis) is 1. The van der Waals surface area contributed by atoms with Crippen LogP contribution < -0.4 is 11.1 Å². The van der Waals surface area contributed by atoms with Crippen LogP contribution in [-0.4, -0.2) is 23.6 Å². The van der Waals surface area contributed by atoms with Crippen molar-refractivity contribution in [3.8, 4) is 0 Å². The number of carbonyl (C=O) groups is 2. The molecule has 0 unspecified atom stereocenters. The van der Waals surface area contributed by atoms with Gasteiger partial charge >= 0.3 is 6.09 Å². The molecule has 1 aromatic carbocycles. The molecule has 122 valence electrons. The van der Waals surface area contributed by atoms with Crippen LogP contribution in [0.1, 0.15) is 44.7 Å². The summed E-state index contributed by atoms with van der Waals surface area (Å²) in [6.45, 7) is 7.45. The first-order chi connectivity index (χ1) is 10.2. The number of hydrogen-bond acceptors (Lipinski definition) is 3. The minimum atomic E-state index is -0.553. The molecule has 5 nitrogen and oxygen atoms in total. The topological polar surface area (TPSA) is 81.4 Å². The lowest BCUT2D eigenvalue weighted by Gasteiger charge is -2.23. The fraction of sp³-hybridized carbons (Fsp3) is 0.529. The van der Waals surface area contributed by atoms with Crippen molar-refractivity contribution in [2.24, 2.45) is 5.73 Å². The van der Waals surface area contributed by atoms with Gasteiger partial charge in [-0.15, -0.1) is 0 Å². The van der Waals surface area contributed by atoms with Gasteiger partial charge in [-0.1, -0.05) is 29.8 Å². The Kier molecular flexibility index (Phi) is 6.40. The third-order valence-electron chi connectivity index (χ3n) is 3.06. The van der Waals surface area contributed by atoms with Crippen molar-refractivity contribution in [3.05, 3.63) is 35.4 Å². The average Bonchev–Trinajstić information content (AvgIpc) is 2.36. The van der Waals surface area contributed by atoms with Gasteiger partial charge in [0.15, 0.2) is 0 Å². The van der Waals surface area contributed by atoms with Crippen molar-refractivity contribution < 1.29 is 14.3 Å². The first-order valence-corrected chi connectivity index (χ1v) is 7.49. The summed E-state index contributed by atoms with van der Waals surface area (Å²) in [5.74, 6) is -0.375. The van der Waals surface area contributed by atoms with E-state index >= 15 is 0 Å². The molecule has 22 heavy (non-hydrogen) atoms. The Morgan fingerprint density at radius 2 is 1.82 bits per heavy atom. The predicted octanol–water partition coefficient (Wildman–Crippen LogP) is 2.70. The molecule has 0 aliphatic carbocycles. The van der Waals surface area contributed by atoms with Crippen molar-refractivity contribution in [3.63, 3.8) is 0 Å². The molecule has 3 N–H and O–H groups in total. The largest absolute Gasteiger partial charge is 0.444 e. The summed E-state index contributed by atoms with van der Waals surface area (Å²) in [4.78, 5) is 22.9. The lowest BCUT2D eigenvalue weighted by atomic mass is 10.0. The zero-order valence-electron chi connectivity index (χ0n) is 13.8. The maximum Gasteiger partial charge on any atom is 0.407 e. The molecule has 0 saturated heterocycles. The van der Waals surface area contributed by atoms with E-state index in [4.69, 9.17) is 10.5 Å². The van der Waals surface area contributed by atoms with Gasteiger partial charge in [-0.3, -0.25) is 4.79 Å². The van der Waals surface area contributed by atoms with Gasteiger partial charge in [-0.2, -0.15) is 0 Å². The van der Waals surface area contributed by atoms with Crippen LogP contribution in [0.15, 0.2) is 24.3 Å². The number of nitrogens with one attached hydrogen (secondary N) is 1. The second-order valence-corrected chi connectivity index (χ2v) is 6.54. The van der Waals surface area contributed by atoms with Crippen LogP contribution in [-0.2, 0) is 16.0 Å². The molecule has 1 atom stereocenters. The maximum atomic E-state index is 11.9. The van der Waals surface area contributed by atoms with E-state index in [0.717, 1.165) is 5.56 Å². The quantitative estimate of drug-likeness (QED) is 0.848. The van der Waals surface area contributed by atoms with Gasteiger partial charge in [0, 0.05) is 12.5 Å². The normalized spacial score (nSPS) is 12.5. The predicted molar refractivity (Wildman–Crippen MR) is 86.5 cm³/mol. The van der Waals surface area contributed by atoms with Crippen LogP contribution in [0.3, 0.4) is 0 Å². The number of rotatable bonds is 6. The first kappa shape index (κ1) is 18.0. The molecular formula is C17H26N2O3. The maximum absolute atomic E-state index is 11.9. The highest BCUT2D eigenvalue weighted by atomic mass is 16.6. The van der Waals surface area contributed by atoms with Crippen LogP contribution >= 0.6 is 0 Å². The zero-order chi connectivity index (χ0) is 16.8. The third kappa shape index (κ3) is 7.67. The molecular weight excluding hydrogens is 280 g/mol. The monoisotopic (exact) mass is 306 g/mol. The van der Waals surface area contributed by atoms with Gasteiger partial charge in [-0.25, -0.2) is 4.79 Å². The van der Waals surface area contributed by atoms with E-state index in [1.54, 1.807) is 0 Å². The Morgan fingerprint density at radius 3 is 2.32 bits per heavy atom. The van der Waals surface area contributed by atoms with Crippen molar-refractivity contribution in [2.45, 2.75) is 58.6 Å². The highest BCUT2D eigenvalue weighted by molar-refractivity contribution is 5.74. The molecule has 2 amide bonds. The van der Waals surface area contributed by atoms with Crippen molar-refractivity contribution in [1.29, 1.82) is 0 Å². The number of hydrogen-bond donors (Lipinski definition) is 2. The van der Waals surface area contributed by atoms with E-state index in [1.165, 1.54) is 5.56 Å². The number of benzene rings is 1. The Morgan fingerprint density at radius 1 is 1.23 bits per heavy atom. The summed E-state index contributed by atoms with van der Waals surface area (Å²) < 4.78 is 5.27. The van der Waals surface area contributed by atoms with Crippen molar-refractivity contribution in [1.82, 2.24) is 5.32 Å². The van der Waals surface area contributed by atoms with E-state index in [9.17, 15) is 9.59 Å². The number of nitrogens with two attached hydrogens (primary N) is 1. The molecule has 5 heteroatoms. The molecule has 0 aliphatic rings. The zero-order valence-corrected chi connectivity index (χ0v) is 13.8. The summed E-state index contributed by atoms with van der Waals surface area (Å²) >= 11 is 0. The van der Waals surface area contributed by atoms with Gasteiger partial charge in [0.1, 0.15) is 5.60 Å². The lowest BCUT2D eigenvalue weighted by Crippen LogP contribution is -2.40. The minimum absolute atomic E-state index is 0.190. The van der Waals surface area contributed by atoms with Gasteiger partial charge in [0.2, 0.25) is 5.91 Å². The van der Waals surface area contributed by atoms with Crippen LogP contribution in [0.5, 0.6) is 0 Å². The molecule has 0 fully saturated rings. The van der Waals surface area contributed by atoms with Crippen molar-refractivity contribution >= 4 is 12.0 Å². The molecule has 0 saturated carbocycles. The molecule has 0 aliphatic heterocycles. The summed E-state index contributed by atoms with van der Waals surface area (Å²) in [7, 11) is 0. The van der Waals surface area contributed by atoms with Gasteiger partial charge in [0.05, 0.1) is 0 Å². The molecule has 0 bridgehead atoms. The van der Waals surface area contributed by atoms with E-state index in [-0.39, 0.29) is 18.4 Å². The Bertz CT molecular complexity index is 504. The van der Waals surface area contributed by atoms with Crippen LogP contribution in [0.4, 0.5) is 4.79 Å². The highest BCUT2D eigenvalue weighted by Gasteiger charge is 2.20. The average molecular weight is 306 g/mol. The second kappa shape index (κ2) is 7.82. The van der Waals surface area contributed by atoms with Crippen LogP contribution in [0.2, 0.25) is 0 Å². The Labute approximate surface area is 132 Å². The second-order valence-electron chi connectivity index (χ2n) is 6.54. The number of amides is 2. The number of aryl methyl sites for hydroxylation is 1. The first-order valence-electron chi connectivity index (χ1n) is 7.49. The molecule has 1 aromatic rings. The van der Waals surface area contributed by atoms with E-state index < -0.39 is 11.7 Å². The molecule has 0 aromatic heterocycles. The highest BCUT2D eigenvalue weighted by Crippen LogP contribution is 2.12. The van der Waals surface area contributed by atoms with Crippen LogP contribution in [0, 0.1) is 6.92 Å². The molecule has 0 heterocycles. The molecule has 0 radical (unpaired) electrons. The van der Waals surface area contributed by atoms with E-state index in [0.29, 0.717) is 12.8 Å². The summed E-state index contributed by atoms with van der Waals surface area (Å²) in [6.07, 6.45) is 0.871. The molecule has 0 spiro atoms. The minimum Gasteiger partial charge on any atom is -0.444 e. The van der Waals surface area contributed by atoms with E-state index in [1.807, 2.05) is 52.0 Å². The SMILES string of the molecule is Cc1ccc(C[C@@H](CCC(N)=O)NC(=O)OC(C)(C)C)cc1. The summed E-state index contributed by atoms with van der Waals surface area (Å²) in [5, 5.41) is 2.82. The summed E-state index contributed by atoms with van der Waals surface area (Å²) in [5.41, 5.74) is 6.92. The number of ether oxygens (including phenoxy) is 1. The van der Waals surface area contributed by atoms with Gasteiger partial charge in [-0.05, 0) is 46.1 Å².